The zero-order chi connectivity index (χ0) is 20.9. The lowest BCUT2D eigenvalue weighted by molar-refractivity contribution is -0.0505. The van der Waals surface area contributed by atoms with Crippen molar-refractivity contribution in [1.82, 2.24) is 15.5 Å². The summed E-state index contributed by atoms with van der Waals surface area (Å²) in [5.41, 5.74) is 0.617. The van der Waals surface area contributed by atoms with Gasteiger partial charge in [-0.2, -0.15) is 8.78 Å². The van der Waals surface area contributed by atoms with Gasteiger partial charge in [0.25, 0.3) is 0 Å². The minimum atomic E-state index is -2.89. The van der Waals surface area contributed by atoms with Gasteiger partial charge < -0.3 is 25.0 Å². The summed E-state index contributed by atoms with van der Waals surface area (Å²) >= 11 is 0. The van der Waals surface area contributed by atoms with Crippen molar-refractivity contribution < 1.29 is 18.3 Å². The molecular weight excluding hydrogens is 505 g/mol. The largest absolute Gasteiger partial charge is 0.493 e. The second kappa shape index (κ2) is 15.4. The summed E-state index contributed by atoms with van der Waals surface area (Å²) in [6.07, 6.45) is 5.68. The Morgan fingerprint density at radius 2 is 1.97 bits per heavy atom. The van der Waals surface area contributed by atoms with Crippen LogP contribution in [0.1, 0.15) is 44.6 Å². The van der Waals surface area contributed by atoms with Crippen molar-refractivity contribution in [2.75, 3.05) is 39.8 Å². The van der Waals surface area contributed by atoms with Crippen LogP contribution < -0.4 is 20.1 Å². The van der Waals surface area contributed by atoms with Crippen LogP contribution in [0.25, 0.3) is 0 Å². The van der Waals surface area contributed by atoms with Crippen LogP contribution >= 0.6 is 24.0 Å². The van der Waals surface area contributed by atoms with Crippen LogP contribution in [-0.2, 0) is 6.54 Å². The number of nitrogens with zero attached hydrogens (tertiary/aromatic N) is 2. The standard InChI is InChI=1S/C21H34F2N4O2.HI/c1-3-14-28-18-9-8-17(19(15-18)29-20(22)23)16-26-21(24-2)25-10-4-5-11-27-12-6-7-13-27;/h8-9,15,20H,3-7,10-14,16H2,1-2H3,(H2,24,25,26);1H. The molecule has 0 atom stereocenters. The van der Waals surface area contributed by atoms with Crippen LogP contribution in [0.4, 0.5) is 8.78 Å². The number of aliphatic imine (C=N–C) groups is 1. The first-order valence-electron chi connectivity index (χ1n) is 10.5. The van der Waals surface area contributed by atoms with E-state index in [-0.39, 0.29) is 29.7 Å². The molecule has 0 spiro atoms. The monoisotopic (exact) mass is 540 g/mol. The van der Waals surface area contributed by atoms with Crippen LogP contribution in [-0.4, -0.2) is 57.3 Å². The van der Waals surface area contributed by atoms with Gasteiger partial charge in [0.05, 0.1) is 6.61 Å². The molecular formula is C21H35F2IN4O2. The molecule has 0 aliphatic carbocycles. The quantitative estimate of drug-likeness (QED) is 0.180. The van der Waals surface area contributed by atoms with Gasteiger partial charge >= 0.3 is 6.61 Å². The summed E-state index contributed by atoms with van der Waals surface area (Å²) in [5.74, 6) is 1.27. The number of unbranched alkanes of at least 4 members (excludes halogenated alkanes) is 1. The molecule has 6 nitrogen and oxygen atoms in total. The number of guanidine groups is 1. The van der Waals surface area contributed by atoms with Gasteiger partial charge in [-0.05, 0) is 63.9 Å². The lowest BCUT2D eigenvalue weighted by Crippen LogP contribution is -2.37. The Bertz CT molecular complexity index is 629. The van der Waals surface area contributed by atoms with Gasteiger partial charge in [0.1, 0.15) is 11.5 Å². The van der Waals surface area contributed by atoms with Crippen LogP contribution in [0, 0.1) is 0 Å². The predicted octanol–water partition coefficient (Wildman–Crippen LogP) is 4.24. The highest BCUT2D eigenvalue weighted by molar-refractivity contribution is 14.0. The molecule has 1 aliphatic rings. The Balaban J connectivity index is 0.00000450. The highest BCUT2D eigenvalue weighted by Crippen LogP contribution is 2.26. The summed E-state index contributed by atoms with van der Waals surface area (Å²) in [5, 5.41) is 6.43. The van der Waals surface area contributed by atoms with Gasteiger partial charge in [-0.3, -0.25) is 4.99 Å². The van der Waals surface area contributed by atoms with E-state index < -0.39 is 6.61 Å². The van der Waals surface area contributed by atoms with E-state index in [0.717, 1.165) is 32.4 Å². The molecule has 1 aliphatic heterocycles. The van der Waals surface area contributed by atoms with E-state index in [1.807, 2.05) is 6.92 Å². The minimum Gasteiger partial charge on any atom is -0.493 e. The van der Waals surface area contributed by atoms with E-state index in [1.165, 1.54) is 32.0 Å². The Morgan fingerprint density at radius 3 is 2.63 bits per heavy atom. The van der Waals surface area contributed by atoms with Crippen molar-refractivity contribution in [2.24, 2.45) is 4.99 Å². The molecule has 172 valence electrons. The molecule has 0 aromatic heterocycles. The zero-order valence-corrected chi connectivity index (χ0v) is 20.3. The lowest BCUT2D eigenvalue weighted by Gasteiger charge is -2.16. The van der Waals surface area contributed by atoms with E-state index in [1.54, 1.807) is 19.2 Å². The Labute approximate surface area is 195 Å². The van der Waals surface area contributed by atoms with Gasteiger partial charge in [-0.25, -0.2) is 0 Å². The Morgan fingerprint density at radius 1 is 1.20 bits per heavy atom. The third-order valence-electron chi connectivity index (χ3n) is 4.79. The summed E-state index contributed by atoms with van der Waals surface area (Å²) in [6.45, 7) is 4.36. The molecule has 0 bridgehead atoms. The number of nitrogens with one attached hydrogen (secondary N) is 2. The highest BCUT2D eigenvalue weighted by Gasteiger charge is 2.13. The molecule has 2 rings (SSSR count). The summed E-state index contributed by atoms with van der Waals surface area (Å²) < 4.78 is 35.7. The van der Waals surface area contributed by atoms with Gasteiger partial charge in [0.2, 0.25) is 0 Å². The first-order valence-corrected chi connectivity index (χ1v) is 10.5. The molecule has 30 heavy (non-hydrogen) atoms. The summed E-state index contributed by atoms with van der Waals surface area (Å²) in [7, 11) is 1.69. The average molecular weight is 540 g/mol. The third-order valence-corrected chi connectivity index (χ3v) is 4.79. The number of likely N-dealkylation sites (tertiary alicyclic amines) is 1. The average Bonchev–Trinajstić information content (AvgIpc) is 3.22. The van der Waals surface area contributed by atoms with E-state index in [2.05, 4.69) is 25.3 Å². The second-order valence-electron chi connectivity index (χ2n) is 7.10. The maximum absolute atomic E-state index is 12.8. The fourth-order valence-corrected chi connectivity index (χ4v) is 3.27. The fraction of sp³-hybridized carbons (Fsp3) is 0.667. The van der Waals surface area contributed by atoms with Crippen molar-refractivity contribution in [3.05, 3.63) is 23.8 Å². The van der Waals surface area contributed by atoms with Crippen LogP contribution in [0.3, 0.4) is 0 Å². The van der Waals surface area contributed by atoms with Crippen LogP contribution in [0.5, 0.6) is 11.5 Å². The molecule has 0 unspecified atom stereocenters. The molecule has 0 radical (unpaired) electrons. The maximum Gasteiger partial charge on any atom is 0.387 e. The predicted molar refractivity (Wildman–Crippen MR) is 127 cm³/mol. The molecule has 2 N–H and O–H groups in total. The van der Waals surface area contributed by atoms with Crippen LogP contribution in [0.2, 0.25) is 0 Å². The molecule has 9 heteroatoms. The number of ether oxygens (including phenoxy) is 2. The van der Waals surface area contributed by atoms with Crippen molar-refractivity contribution in [3.63, 3.8) is 0 Å². The minimum absolute atomic E-state index is 0. The second-order valence-corrected chi connectivity index (χ2v) is 7.10. The van der Waals surface area contributed by atoms with Crippen LogP contribution in [0.15, 0.2) is 23.2 Å². The van der Waals surface area contributed by atoms with Crippen molar-refractivity contribution in [2.45, 2.75) is 52.2 Å². The molecule has 1 aromatic rings. The first kappa shape index (κ1) is 26.7. The van der Waals surface area contributed by atoms with Gasteiger partial charge in [0, 0.05) is 31.8 Å². The topological polar surface area (TPSA) is 58.1 Å². The molecule has 0 saturated carbocycles. The first-order chi connectivity index (χ1) is 14.1. The summed E-state index contributed by atoms with van der Waals surface area (Å²) in [6, 6.07) is 5.01. The molecule has 1 saturated heterocycles. The van der Waals surface area contributed by atoms with Crippen molar-refractivity contribution in [1.29, 1.82) is 0 Å². The van der Waals surface area contributed by atoms with Gasteiger partial charge in [-0.15, -0.1) is 24.0 Å². The maximum atomic E-state index is 12.8. The Kier molecular flexibility index (Phi) is 13.7. The SMILES string of the molecule is CCCOc1ccc(CNC(=NC)NCCCCN2CCCC2)c(OC(F)F)c1.I. The normalized spacial score (nSPS) is 14.5. The van der Waals surface area contributed by atoms with Crippen molar-refractivity contribution in [3.8, 4) is 11.5 Å². The lowest BCUT2D eigenvalue weighted by atomic mass is 10.2. The molecule has 1 aromatic carbocycles. The molecule has 1 heterocycles. The zero-order valence-electron chi connectivity index (χ0n) is 18.0. The Hall–Kier alpha value is -1.36. The number of alkyl halides is 2. The highest BCUT2D eigenvalue weighted by atomic mass is 127. The number of benzene rings is 1. The number of rotatable bonds is 12. The van der Waals surface area contributed by atoms with Crippen molar-refractivity contribution >= 4 is 29.9 Å². The van der Waals surface area contributed by atoms with E-state index in [0.29, 0.717) is 30.4 Å². The number of halogens is 3. The van der Waals surface area contributed by atoms with Gasteiger partial charge in [0.15, 0.2) is 5.96 Å². The molecule has 0 amide bonds. The van der Waals surface area contributed by atoms with E-state index >= 15 is 0 Å². The number of hydrogen-bond acceptors (Lipinski definition) is 4. The van der Waals surface area contributed by atoms with E-state index in [9.17, 15) is 8.78 Å². The number of hydrogen-bond donors (Lipinski definition) is 2. The third kappa shape index (κ3) is 10.1. The smallest absolute Gasteiger partial charge is 0.387 e. The summed E-state index contributed by atoms with van der Waals surface area (Å²) in [4.78, 5) is 6.70. The fourth-order valence-electron chi connectivity index (χ4n) is 3.27. The van der Waals surface area contributed by atoms with Gasteiger partial charge in [-0.1, -0.05) is 6.92 Å². The molecule has 1 fully saturated rings. The van der Waals surface area contributed by atoms with E-state index in [4.69, 9.17) is 4.74 Å².